The highest BCUT2D eigenvalue weighted by atomic mass is 19.4. The molecule has 1 aromatic heterocycles. The average molecular weight is 289 g/mol. The molecule has 0 unspecified atom stereocenters. The van der Waals surface area contributed by atoms with Crippen molar-refractivity contribution in [1.29, 1.82) is 0 Å². The van der Waals surface area contributed by atoms with Crippen LogP contribution in [-0.2, 0) is 7.05 Å². The van der Waals surface area contributed by atoms with Gasteiger partial charge >= 0.3 is 6.18 Å². The third kappa shape index (κ3) is 3.16. The van der Waals surface area contributed by atoms with Crippen molar-refractivity contribution in [1.82, 2.24) is 14.7 Å². The van der Waals surface area contributed by atoms with Crippen LogP contribution in [0.3, 0.4) is 0 Å². The second-order valence-corrected chi connectivity index (χ2v) is 6.56. The van der Waals surface area contributed by atoms with E-state index in [4.69, 9.17) is 0 Å². The van der Waals surface area contributed by atoms with Crippen molar-refractivity contribution in [2.75, 3.05) is 6.54 Å². The van der Waals surface area contributed by atoms with Crippen molar-refractivity contribution in [3.8, 4) is 0 Å². The molecule has 0 saturated carbocycles. The van der Waals surface area contributed by atoms with Crippen LogP contribution < -0.4 is 0 Å². The van der Waals surface area contributed by atoms with E-state index in [0.29, 0.717) is 6.54 Å². The molecule has 0 radical (unpaired) electrons. The van der Waals surface area contributed by atoms with E-state index in [0.717, 1.165) is 5.69 Å². The molecule has 0 bridgehead atoms. The van der Waals surface area contributed by atoms with E-state index in [-0.39, 0.29) is 24.4 Å². The number of aryl methyl sites for hydroxylation is 1. The van der Waals surface area contributed by atoms with Gasteiger partial charge in [0, 0.05) is 18.8 Å². The van der Waals surface area contributed by atoms with Gasteiger partial charge in [-0.2, -0.15) is 18.3 Å². The minimum absolute atomic E-state index is 0.0950. The molecule has 0 aliphatic carbocycles. The molecule has 0 amide bonds. The third-order valence-electron chi connectivity index (χ3n) is 4.00. The Balaban J connectivity index is 2.28. The Bertz CT molecular complexity index is 459. The second kappa shape index (κ2) is 5.06. The summed E-state index contributed by atoms with van der Waals surface area (Å²) < 4.78 is 40.7. The summed E-state index contributed by atoms with van der Waals surface area (Å²) in [7, 11) is 1.79. The normalized spacial score (nSPS) is 25.9. The highest BCUT2D eigenvalue weighted by molar-refractivity contribution is 5.09. The van der Waals surface area contributed by atoms with Crippen LogP contribution in [0.15, 0.2) is 12.3 Å². The lowest BCUT2D eigenvalue weighted by atomic mass is 9.85. The lowest BCUT2D eigenvalue weighted by Gasteiger charge is -2.46. The average Bonchev–Trinajstić information content (AvgIpc) is 2.72. The maximum absolute atomic E-state index is 13.0. The van der Waals surface area contributed by atoms with Crippen molar-refractivity contribution < 1.29 is 13.2 Å². The molecule has 3 nitrogen and oxygen atoms in total. The maximum Gasteiger partial charge on any atom is 0.391 e. The van der Waals surface area contributed by atoms with Gasteiger partial charge in [0.15, 0.2) is 0 Å². The second-order valence-electron chi connectivity index (χ2n) is 6.56. The quantitative estimate of drug-likeness (QED) is 0.788. The third-order valence-corrected chi connectivity index (χ3v) is 4.00. The van der Waals surface area contributed by atoms with Crippen molar-refractivity contribution in [2.24, 2.45) is 13.0 Å². The number of likely N-dealkylation sites (tertiary alicyclic amines) is 1. The SMILES string of the molecule is Cn1ccc([C@@H]2C[C@H](C(F)(F)F)CCN2C(C)(C)C)n1. The van der Waals surface area contributed by atoms with E-state index in [1.807, 2.05) is 26.8 Å². The minimum atomic E-state index is -4.11. The predicted octanol–water partition coefficient (Wildman–Crippen LogP) is 3.53. The number of nitrogens with zero attached hydrogens (tertiary/aromatic N) is 3. The van der Waals surface area contributed by atoms with Crippen molar-refractivity contribution in [2.45, 2.75) is 51.4 Å². The van der Waals surface area contributed by atoms with E-state index in [1.54, 1.807) is 17.9 Å². The Hall–Kier alpha value is -1.04. The topological polar surface area (TPSA) is 21.1 Å². The number of rotatable bonds is 1. The molecule has 1 aliphatic heterocycles. The number of halogens is 3. The van der Waals surface area contributed by atoms with E-state index < -0.39 is 12.1 Å². The number of aromatic nitrogens is 2. The van der Waals surface area contributed by atoms with Crippen molar-refractivity contribution >= 4 is 0 Å². The molecule has 2 rings (SSSR count). The molecule has 1 aliphatic rings. The summed E-state index contributed by atoms with van der Waals surface area (Å²) in [4.78, 5) is 2.14. The molecule has 20 heavy (non-hydrogen) atoms. The Kier molecular flexibility index (Phi) is 3.88. The summed E-state index contributed by atoms with van der Waals surface area (Å²) in [5.41, 5.74) is 0.565. The highest BCUT2D eigenvalue weighted by Crippen LogP contribution is 2.43. The van der Waals surface area contributed by atoms with Crippen LogP contribution in [0, 0.1) is 5.92 Å². The van der Waals surface area contributed by atoms with E-state index in [2.05, 4.69) is 10.00 Å². The maximum atomic E-state index is 13.0. The molecule has 0 N–H and O–H groups in total. The molecule has 114 valence electrons. The molecular weight excluding hydrogens is 267 g/mol. The van der Waals surface area contributed by atoms with Crippen LogP contribution in [0.1, 0.15) is 45.3 Å². The summed E-state index contributed by atoms with van der Waals surface area (Å²) >= 11 is 0. The van der Waals surface area contributed by atoms with Gasteiger partial charge in [0.1, 0.15) is 0 Å². The molecule has 1 saturated heterocycles. The molecule has 2 heterocycles. The van der Waals surface area contributed by atoms with Crippen LogP contribution in [0.4, 0.5) is 13.2 Å². The highest BCUT2D eigenvalue weighted by Gasteiger charge is 2.46. The summed E-state index contributed by atoms with van der Waals surface area (Å²) in [6, 6.07) is 1.55. The van der Waals surface area contributed by atoms with Crippen LogP contribution in [0.25, 0.3) is 0 Å². The minimum Gasteiger partial charge on any atom is -0.290 e. The summed E-state index contributed by atoms with van der Waals surface area (Å²) in [5.74, 6) is -1.23. The van der Waals surface area contributed by atoms with Gasteiger partial charge in [-0.25, -0.2) is 0 Å². The van der Waals surface area contributed by atoms with E-state index in [9.17, 15) is 13.2 Å². The van der Waals surface area contributed by atoms with E-state index in [1.165, 1.54) is 0 Å². The standard InChI is InChI=1S/C14H22F3N3/c1-13(2,3)20-8-5-10(14(15,16)17)9-12(20)11-6-7-19(4)18-11/h6-7,10,12H,5,8-9H2,1-4H3/t10-,12+/m1/s1. The first-order chi connectivity index (χ1) is 9.09. The van der Waals surface area contributed by atoms with Gasteiger partial charge in [0.05, 0.1) is 17.7 Å². The molecule has 1 fully saturated rings. The number of piperidine rings is 1. The van der Waals surface area contributed by atoms with Gasteiger partial charge in [-0.05, 0) is 46.2 Å². The molecule has 2 atom stereocenters. The van der Waals surface area contributed by atoms with Crippen LogP contribution in [-0.4, -0.2) is 32.9 Å². The van der Waals surface area contributed by atoms with Crippen LogP contribution >= 0.6 is 0 Å². The summed E-state index contributed by atoms with van der Waals surface area (Å²) in [6.45, 7) is 6.57. The Morgan fingerprint density at radius 3 is 2.35 bits per heavy atom. The van der Waals surface area contributed by atoms with Gasteiger partial charge in [0.25, 0.3) is 0 Å². The van der Waals surface area contributed by atoms with Gasteiger partial charge < -0.3 is 0 Å². The smallest absolute Gasteiger partial charge is 0.290 e. The molecule has 1 aromatic rings. The molecule has 0 spiro atoms. The fourth-order valence-corrected chi connectivity index (χ4v) is 2.96. The molecule has 0 aromatic carbocycles. The van der Waals surface area contributed by atoms with Crippen LogP contribution in [0.5, 0.6) is 0 Å². The lowest BCUT2D eigenvalue weighted by molar-refractivity contribution is -0.194. The van der Waals surface area contributed by atoms with Crippen molar-refractivity contribution in [3.63, 3.8) is 0 Å². The first-order valence-electron chi connectivity index (χ1n) is 6.92. The zero-order valence-electron chi connectivity index (χ0n) is 12.4. The van der Waals surface area contributed by atoms with Gasteiger partial charge in [-0.3, -0.25) is 9.58 Å². The Morgan fingerprint density at radius 2 is 1.90 bits per heavy atom. The molecule has 6 heteroatoms. The Labute approximate surface area is 117 Å². The number of alkyl halides is 3. The van der Waals surface area contributed by atoms with Gasteiger partial charge in [-0.15, -0.1) is 0 Å². The monoisotopic (exact) mass is 289 g/mol. The summed E-state index contributed by atoms with van der Waals surface area (Å²) in [6.07, 6.45) is -2.06. The van der Waals surface area contributed by atoms with Gasteiger partial charge in [-0.1, -0.05) is 0 Å². The van der Waals surface area contributed by atoms with Gasteiger partial charge in [0.2, 0.25) is 0 Å². The first kappa shape index (κ1) is 15.4. The fourth-order valence-electron chi connectivity index (χ4n) is 2.96. The predicted molar refractivity (Wildman–Crippen MR) is 71.2 cm³/mol. The van der Waals surface area contributed by atoms with Crippen LogP contribution in [0.2, 0.25) is 0 Å². The summed E-state index contributed by atoms with van der Waals surface area (Å²) in [5, 5.41) is 4.32. The van der Waals surface area contributed by atoms with E-state index >= 15 is 0 Å². The fraction of sp³-hybridized carbons (Fsp3) is 0.786. The zero-order chi connectivity index (χ0) is 15.1. The number of hydrogen-bond acceptors (Lipinski definition) is 2. The largest absolute Gasteiger partial charge is 0.391 e. The number of hydrogen-bond donors (Lipinski definition) is 0. The lowest BCUT2D eigenvalue weighted by Crippen LogP contribution is -2.50. The zero-order valence-corrected chi connectivity index (χ0v) is 12.4. The van der Waals surface area contributed by atoms with Crippen molar-refractivity contribution in [3.05, 3.63) is 18.0 Å². The molecular formula is C14H22F3N3. The Morgan fingerprint density at radius 1 is 1.25 bits per heavy atom. The first-order valence-corrected chi connectivity index (χ1v) is 6.92.